The molecular formula is C18H19NOS2. The Bertz CT molecular complexity index is 681. The lowest BCUT2D eigenvalue weighted by atomic mass is 10.1. The van der Waals surface area contributed by atoms with Gasteiger partial charge in [-0.1, -0.05) is 30.3 Å². The van der Waals surface area contributed by atoms with Gasteiger partial charge in [-0.3, -0.25) is 4.79 Å². The minimum Gasteiger partial charge on any atom is -0.325 e. The van der Waals surface area contributed by atoms with E-state index in [-0.39, 0.29) is 11.3 Å². The minimum atomic E-state index is 0.199. The molecule has 114 valence electrons. The van der Waals surface area contributed by atoms with Crippen LogP contribution in [0.3, 0.4) is 0 Å². The van der Waals surface area contributed by atoms with Crippen molar-refractivity contribution in [3.05, 3.63) is 57.8 Å². The zero-order valence-electron chi connectivity index (χ0n) is 12.6. The summed E-state index contributed by atoms with van der Waals surface area (Å²) in [5.41, 5.74) is 1.32. The number of aryl methyl sites for hydroxylation is 1. The van der Waals surface area contributed by atoms with E-state index < -0.39 is 0 Å². The highest BCUT2D eigenvalue weighted by molar-refractivity contribution is 7.99. The van der Waals surface area contributed by atoms with Crippen LogP contribution in [-0.2, 0) is 4.79 Å². The summed E-state index contributed by atoms with van der Waals surface area (Å²) in [7, 11) is 0. The van der Waals surface area contributed by atoms with Gasteiger partial charge in [-0.25, -0.2) is 0 Å². The maximum atomic E-state index is 12.9. The molecule has 1 aromatic heterocycles. The molecule has 4 rings (SSSR count). The monoisotopic (exact) mass is 329 g/mol. The topological polar surface area (TPSA) is 20.3 Å². The molecule has 2 aromatic rings. The molecule has 1 aromatic carbocycles. The molecule has 1 saturated carbocycles. The van der Waals surface area contributed by atoms with Crippen molar-refractivity contribution in [1.82, 2.24) is 4.90 Å². The minimum absolute atomic E-state index is 0.199. The van der Waals surface area contributed by atoms with E-state index in [1.807, 2.05) is 29.2 Å². The van der Waals surface area contributed by atoms with Gasteiger partial charge in [0.2, 0.25) is 5.91 Å². The van der Waals surface area contributed by atoms with Crippen LogP contribution in [0.25, 0.3) is 0 Å². The van der Waals surface area contributed by atoms with Crippen LogP contribution in [0.1, 0.15) is 33.0 Å². The van der Waals surface area contributed by atoms with Gasteiger partial charge in [-0.2, -0.15) is 0 Å². The van der Waals surface area contributed by atoms with E-state index in [4.69, 9.17) is 0 Å². The maximum absolute atomic E-state index is 12.9. The molecule has 2 heterocycles. The summed E-state index contributed by atoms with van der Waals surface area (Å²) < 4.78 is 0. The Morgan fingerprint density at radius 1 is 1.18 bits per heavy atom. The predicted octanol–water partition coefficient (Wildman–Crippen LogP) is 4.43. The predicted molar refractivity (Wildman–Crippen MR) is 93.3 cm³/mol. The zero-order valence-corrected chi connectivity index (χ0v) is 14.2. The lowest BCUT2D eigenvalue weighted by molar-refractivity contribution is -0.132. The van der Waals surface area contributed by atoms with Gasteiger partial charge in [-0.05, 0) is 37.0 Å². The van der Waals surface area contributed by atoms with Crippen molar-refractivity contribution in [1.29, 1.82) is 0 Å². The van der Waals surface area contributed by atoms with E-state index in [0.29, 0.717) is 11.8 Å². The third-order valence-electron chi connectivity index (χ3n) is 4.51. The number of amides is 1. The second-order valence-electron chi connectivity index (χ2n) is 6.06. The van der Waals surface area contributed by atoms with Gasteiger partial charge in [0.05, 0.1) is 0 Å². The van der Waals surface area contributed by atoms with Crippen LogP contribution in [0.5, 0.6) is 0 Å². The summed E-state index contributed by atoms with van der Waals surface area (Å²) in [5.74, 6) is 2.04. The first-order chi connectivity index (χ1) is 10.7. The number of carbonyl (C=O) groups is 1. The van der Waals surface area contributed by atoms with E-state index in [1.54, 1.807) is 0 Å². The number of carbonyl (C=O) groups excluding carboxylic acids is 1. The standard InChI is InChI=1S/C18H19NOS2/c1-12-7-8-16(22-12)18-19(9-10-21-18)17(20)15-11-14(15)13-5-3-2-4-6-13/h2-8,14-15,18H,9-11H2,1H3/t14-,15-,18+/m0/s1. The first-order valence-electron chi connectivity index (χ1n) is 7.77. The van der Waals surface area contributed by atoms with Crippen molar-refractivity contribution in [2.45, 2.75) is 24.6 Å². The quantitative estimate of drug-likeness (QED) is 0.830. The number of nitrogens with zero attached hydrogens (tertiary/aromatic N) is 1. The third kappa shape index (κ3) is 2.59. The van der Waals surface area contributed by atoms with Gasteiger partial charge >= 0.3 is 0 Å². The highest BCUT2D eigenvalue weighted by atomic mass is 32.2. The molecule has 1 aliphatic heterocycles. The van der Waals surface area contributed by atoms with Gasteiger partial charge < -0.3 is 4.90 Å². The second kappa shape index (κ2) is 5.74. The largest absolute Gasteiger partial charge is 0.325 e. The Morgan fingerprint density at radius 2 is 2.00 bits per heavy atom. The zero-order chi connectivity index (χ0) is 15.1. The summed E-state index contributed by atoms with van der Waals surface area (Å²) in [5, 5.41) is 0.239. The van der Waals surface area contributed by atoms with Gasteiger partial charge in [0.15, 0.2) is 0 Å². The number of rotatable bonds is 3. The smallest absolute Gasteiger partial charge is 0.227 e. The molecule has 1 amide bonds. The van der Waals surface area contributed by atoms with E-state index in [2.05, 4.69) is 48.2 Å². The Morgan fingerprint density at radius 3 is 2.73 bits per heavy atom. The molecule has 0 radical (unpaired) electrons. The van der Waals surface area contributed by atoms with Crippen LogP contribution < -0.4 is 0 Å². The van der Waals surface area contributed by atoms with Crippen LogP contribution in [0, 0.1) is 12.8 Å². The fourth-order valence-corrected chi connectivity index (χ4v) is 5.65. The maximum Gasteiger partial charge on any atom is 0.227 e. The Hall–Kier alpha value is -1.26. The molecule has 2 nitrogen and oxygen atoms in total. The van der Waals surface area contributed by atoms with E-state index >= 15 is 0 Å². The molecule has 0 N–H and O–H groups in total. The highest BCUT2D eigenvalue weighted by Crippen LogP contribution is 2.51. The Labute approximate surface area is 139 Å². The third-order valence-corrected chi connectivity index (χ3v) is 6.96. The molecular weight excluding hydrogens is 310 g/mol. The van der Waals surface area contributed by atoms with Crippen LogP contribution in [0.2, 0.25) is 0 Å². The van der Waals surface area contributed by atoms with Crippen molar-refractivity contribution in [2.75, 3.05) is 12.3 Å². The van der Waals surface area contributed by atoms with Gasteiger partial charge in [-0.15, -0.1) is 23.1 Å². The molecule has 0 bridgehead atoms. The van der Waals surface area contributed by atoms with Crippen LogP contribution in [-0.4, -0.2) is 23.1 Å². The fourth-order valence-electron chi connectivity index (χ4n) is 3.27. The lowest BCUT2D eigenvalue weighted by Crippen LogP contribution is -2.31. The van der Waals surface area contributed by atoms with Crippen LogP contribution >= 0.6 is 23.1 Å². The SMILES string of the molecule is Cc1ccc([C@H]2SCCN2C(=O)[C@H]2C[C@H]2c2ccccc2)s1. The number of hydrogen-bond acceptors (Lipinski definition) is 3. The highest BCUT2D eigenvalue weighted by Gasteiger charge is 2.48. The summed E-state index contributed by atoms with van der Waals surface area (Å²) in [6, 6.07) is 14.8. The van der Waals surface area contributed by atoms with Gasteiger partial charge in [0.25, 0.3) is 0 Å². The number of benzene rings is 1. The molecule has 22 heavy (non-hydrogen) atoms. The Kier molecular flexibility index (Phi) is 3.74. The molecule has 1 aliphatic carbocycles. The first kappa shape index (κ1) is 14.3. The van der Waals surface area contributed by atoms with Crippen molar-refractivity contribution < 1.29 is 4.79 Å². The molecule has 0 unspecified atom stereocenters. The molecule has 4 heteroatoms. The first-order valence-corrected chi connectivity index (χ1v) is 9.64. The molecule has 2 fully saturated rings. The van der Waals surface area contributed by atoms with E-state index in [9.17, 15) is 4.79 Å². The Balaban J connectivity index is 1.49. The van der Waals surface area contributed by atoms with Crippen molar-refractivity contribution in [3.8, 4) is 0 Å². The van der Waals surface area contributed by atoms with Gasteiger partial charge in [0.1, 0.15) is 5.37 Å². The number of thioether (sulfide) groups is 1. The number of hydrogen-bond donors (Lipinski definition) is 0. The second-order valence-corrected chi connectivity index (χ2v) is 8.57. The molecule has 2 aliphatic rings. The fraction of sp³-hybridized carbons (Fsp3) is 0.389. The normalized spacial score (nSPS) is 27.1. The van der Waals surface area contributed by atoms with E-state index in [1.165, 1.54) is 15.3 Å². The molecule has 0 spiro atoms. The summed E-state index contributed by atoms with van der Waals surface area (Å²) in [6.45, 7) is 3.02. The van der Waals surface area contributed by atoms with Crippen molar-refractivity contribution >= 4 is 29.0 Å². The van der Waals surface area contributed by atoms with Crippen molar-refractivity contribution in [2.24, 2.45) is 5.92 Å². The summed E-state index contributed by atoms with van der Waals surface area (Å²) >= 11 is 3.72. The van der Waals surface area contributed by atoms with Crippen molar-refractivity contribution in [3.63, 3.8) is 0 Å². The number of thiophene rings is 1. The van der Waals surface area contributed by atoms with Gasteiger partial charge in [0, 0.05) is 28.0 Å². The lowest BCUT2D eigenvalue weighted by Gasteiger charge is -2.23. The summed E-state index contributed by atoms with van der Waals surface area (Å²) in [6.07, 6.45) is 1.01. The average Bonchev–Trinajstić information content (AvgIpc) is 2.98. The van der Waals surface area contributed by atoms with Crippen LogP contribution in [0.15, 0.2) is 42.5 Å². The van der Waals surface area contributed by atoms with E-state index in [0.717, 1.165) is 18.7 Å². The molecule has 1 saturated heterocycles. The van der Waals surface area contributed by atoms with Crippen LogP contribution in [0.4, 0.5) is 0 Å². The summed E-state index contributed by atoms with van der Waals surface area (Å²) in [4.78, 5) is 17.7. The molecule has 3 atom stereocenters. The average molecular weight is 329 g/mol.